The molecule has 0 fully saturated rings. The Kier molecular flexibility index (Phi) is 9.86. The van der Waals surface area contributed by atoms with E-state index in [9.17, 15) is 0 Å². The van der Waals surface area contributed by atoms with Crippen molar-refractivity contribution < 1.29 is 9.84 Å². The number of allylic oxidation sites excluding steroid dienone is 4. The van der Waals surface area contributed by atoms with E-state index in [4.69, 9.17) is 9.84 Å². The van der Waals surface area contributed by atoms with Gasteiger partial charge in [0.2, 0.25) is 0 Å². The molecule has 2 heteroatoms. The average molecular weight is 328 g/mol. The molecule has 24 heavy (non-hydrogen) atoms. The highest BCUT2D eigenvalue weighted by molar-refractivity contribution is 5.26. The molecule has 1 aromatic carbocycles. The third kappa shape index (κ3) is 7.18. The van der Waals surface area contributed by atoms with Crippen LogP contribution in [0.1, 0.15) is 63.5 Å². The Hall–Kier alpha value is -1.80. The van der Waals surface area contributed by atoms with Gasteiger partial charge < -0.3 is 9.84 Å². The molecule has 0 radical (unpaired) electrons. The lowest BCUT2D eigenvalue weighted by Gasteiger charge is -2.13. The van der Waals surface area contributed by atoms with Gasteiger partial charge in [-0.05, 0) is 61.8 Å². The van der Waals surface area contributed by atoms with E-state index in [1.807, 2.05) is 25.2 Å². The van der Waals surface area contributed by atoms with Crippen LogP contribution in [0.25, 0.3) is 0 Å². The maximum atomic E-state index is 8.83. The van der Waals surface area contributed by atoms with Gasteiger partial charge in [0.15, 0.2) is 0 Å². The summed E-state index contributed by atoms with van der Waals surface area (Å²) in [5.74, 6) is 1.49. The summed E-state index contributed by atoms with van der Waals surface area (Å²) < 4.78 is 5.87. The van der Waals surface area contributed by atoms with Crippen molar-refractivity contribution >= 4 is 0 Å². The summed E-state index contributed by atoms with van der Waals surface area (Å²) in [5.41, 5.74) is 3.59. The van der Waals surface area contributed by atoms with Crippen molar-refractivity contribution in [3.05, 3.63) is 71.5 Å². The van der Waals surface area contributed by atoms with E-state index in [2.05, 4.69) is 44.7 Å². The van der Waals surface area contributed by atoms with Crippen LogP contribution in [-0.4, -0.2) is 11.7 Å². The molecule has 1 N–H and O–H groups in total. The topological polar surface area (TPSA) is 29.5 Å². The Morgan fingerprint density at radius 2 is 1.83 bits per heavy atom. The van der Waals surface area contributed by atoms with Crippen molar-refractivity contribution in [3.63, 3.8) is 0 Å². The van der Waals surface area contributed by atoms with E-state index < -0.39 is 0 Å². The number of ether oxygens (including phenoxy) is 1. The van der Waals surface area contributed by atoms with Gasteiger partial charge in [-0.15, -0.1) is 0 Å². The van der Waals surface area contributed by atoms with Crippen LogP contribution in [0, 0.1) is 0 Å². The molecule has 0 unspecified atom stereocenters. The first-order valence-corrected chi connectivity index (χ1v) is 8.99. The van der Waals surface area contributed by atoms with Gasteiger partial charge in [-0.3, -0.25) is 0 Å². The number of benzene rings is 1. The molecule has 0 aromatic heterocycles. The summed E-state index contributed by atoms with van der Waals surface area (Å²) in [6.45, 7) is 11.2. The van der Waals surface area contributed by atoms with Crippen molar-refractivity contribution in [1.29, 1.82) is 0 Å². The quantitative estimate of drug-likeness (QED) is 0.405. The Bertz CT molecular complexity index is 534. The first kappa shape index (κ1) is 20.2. The summed E-state index contributed by atoms with van der Waals surface area (Å²) in [7, 11) is 0. The minimum atomic E-state index is 0.201. The molecule has 1 rings (SSSR count). The minimum absolute atomic E-state index is 0.201. The van der Waals surface area contributed by atoms with Gasteiger partial charge in [0.25, 0.3) is 0 Å². The molecule has 0 saturated carbocycles. The molecule has 0 aliphatic rings. The third-order valence-corrected chi connectivity index (χ3v) is 4.27. The van der Waals surface area contributed by atoms with Crippen molar-refractivity contribution in [1.82, 2.24) is 0 Å². The molecular weight excluding hydrogens is 296 g/mol. The maximum Gasteiger partial charge on any atom is 0.115 e. The third-order valence-electron chi connectivity index (χ3n) is 4.27. The zero-order valence-corrected chi connectivity index (χ0v) is 15.4. The van der Waals surface area contributed by atoms with E-state index in [1.54, 1.807) is 0 Å². The van der Waals surface area contributed by atoms with Crippen LogP contribution in [-0.2, 0) is 11.3 Å². The Balaban J connectivity index is 2.54. The molecule has 1 aromatic rings. The van der Waals surface area contributed by atoms with Gasteiger partial charge in [0.1, 0.15) is 12.4 Å². The van der Waals surface area contributed by atoms with E-state index >= 15 is 0 Å². The first-order chi connectivity index (χ1) is 11.6. The number of aliphatic hydroxyl groups excluding tert-OH is 1. The van der Waals surface area contributed by atoms with Crippen LogP contribution in [0.2, 0.25) is 0 Å². The fourth-order valence-corrected chi connectivity index (χ4v) is 2.63. The Morgan fingerprint density at radius 1 is 1.17 bits per heavy atom. The molecule has 0 amide bonds. The van der Waals surface area contributed by atoms with Gasteiger partial charge in [0.05, 0.1) is 0 Å². The molecule has 0 bridgehead atoms. The van der Waals surface area contributed by atoms with Crippen molar-refractivity contribution in [2.24, 2.45) is 0 Å². The average Bonchev–Trinajstić information content (AvgIpc) is 2.62. The second-order valence-corrected chi connectivity index (χ2v) is 6.05. The van der Waals surface area contributed by atoms with Crippen LogP contribution in [0.4, 0.5) is 0 Å². The van der Waals surface area contributed by atoms with Crippen LogP contribution in [0.3, 0.4) is 0 Å². The van der Waals surface area contributed by atoms with Gasteiger partial charge in [-0.25, -0.2) is 0 Å². The minimum Gasteiger partial charge on any atom is -0.489 e. The summed E-state index contributed by atoms with van der Waals surface area (Å²) in [6.07, 6.45) is 9.77. The van der Waals surface area contributed by atoms with Crippen LogP contribution in [0.15, 0.2) is 60.4 Å². The van der Waals surface area contributed by atoms with E-state index in [0.717, 1.165) is 24.2 Å². The molecule has 0 atom stereocenters. The molecule has 0 aliphatic heterocycles. The molecule has 2 nitrogen and oxygen atoms in total. The summed E-state index contributed by atoms with van der Waals surface area (Å²) in [6, 6.07) is 8.76. The zero-order valence-electron chi connectivity index (χ0n) is 15.4. The monoisotopic (exact) mass is 328 g/mol. The Labute approximate surface area is 147 Å². The molecule has 132 valence electrons. The standard InChI is InChI=1S/C22H32O2/c1-5-20(6-2)21-13-11-19(12-14-21)17-24-22(7-3)15-10-18(4)9-8-16-23/h7,10-15,20,23H,4-6,8-9,16-17H2,1-3H3/b15-10-,22-7+. The number of rotatable bonds is 11. The van der Waals surface area contributed by atoms with Crippen molar-refractivity contribution in [2.45, 2.75) is 59.0 Å². The summed E-state index contributed by atoms with van der Waals surface area (Å²) in [5, 5.41) is 8.83. The number of hydrogen-bond donors (Lipinski definition) is 1. The van der Waals surface area contributed by atoms with Gasteiger partial charge in [-0.2, -0.15) is 0 Å². The number of aliphatic hydroxyl groups is 1. The highest BCUT2D eigenvalue weighted by Gasteiger charge is 2.06. The first-order valence-electron chi connectivity index (χ1n) is 8.99. The van der Waals surface area contributed by atoms with Gasteiger partial charge >= 0.3 is 0 Å². The second-order valence-electron chi connectivity index (χ2n) is 6.05. The lowest BCUT2D eigenvalue weighted by molar-refractivity contribution is 0.210. The predicted octanol–water partition coefficient (Wildman–Crippen LogP) is 5.90. The van der Waals surface area contributed by atoms with Crippen LogP contribution < -0.4 is 0 Å². The number of hydrogen-bond acceptors (Lipinski definition) is 2. The SMILES string of the molecule is C=C(/C=C\C(=C/C)OCc1ccc(C(CC)CC)cc1)CCCO. The summed E-state index contributed by atoms with van der Waals surface area (Å²) in [4.78, 5) is 0. The zero-order chi connectivity index (χ0) is 17.8. The van der Waals surface area contributed by atoms with E-state index in [0.29, 0.717) is 12.5 Å². The molecular formula is C22H32O2. The summed E-state index contributed by atoms with van der Waals surface area (Å²) >= 11 is 0. The highest BCUT2D eigenvalue weighted by atomic mass is 16.5. The normalized spacial score (nSPS) is 12.1. The maximum absolute atomic E-state index is 8.83. The van der Waals surface area contributed by atoms with Crippen LogP contribution >= 0.6 is 0 Å². The van der Waals surface area contributed by atoms with Crippen molar-refractivity contribution in [3.8, 4) is 0 Å². The lowest BCUT2D eigenvalue weighted by Crippen LogP contribution is -1.97. The van der Waals surface area contributed by atoms with Gasteiger partial charge in [0, 0.05) is 6.61 Å². The smallest absolute Gasteiger partial charge is 0.115 e. The van der Waals surface area contributed by atoms with E-state index in [1.165, 1.54) is 24.0 Å². The molecule has 0 heterocycles. The fourth-order valence-electron chi connectivity index (χ4n) is 2.63. The lowest BCUT2D eigenvalue weighted by atomic mass is 9.93. The second kappa shape index (κ2) is 11.7. The van der Waals surface area contributed by atoms with E-state index in [-0.39, 0.29) is 6.61 Å². The molecule has 0 aliphatic carbocycles. The van der Waals surface area contributed by atoms with Gasteiger partial charge in [-0.1, -0.05) is 56.3 Å². The fraction of sp³-hybridized carbons (Fsp3) is 0.455. The predicted molar refractivity (Wildman–Crippen MR) is 103 cm³/mol. The van der Waals surface area contributed by atoms with Crippen molar-refractivity contribution in [2.75, 3.05) is 6.61 Å². The largest absolute Gasteiger partial charge is 0.489 e. The molecule has 0 spiro atoms. The van der Waals surface area contributed by atoms with Crippen LogP contribution in [0.5, 0.6) is 0 Å². The molecule has 0 saturated heterocycles. The Morgan fingerprint density at radius 3 is 2.38 bits per heavy atom. The highest BCUT2D eigenvalue weighted by Crippen LogP contribution is 2.23.